The number of para-hydroxylation sites is 2. The lowest BCUT2D eigenvalue weighted by Crippen LogP contribution is -1.87. The van der Waals surface area contributed by atoms with Crippen molar-refractivity contribution >= 4 is 326 Å². The molecule has 24 aromatic carbocycles. The zero-order chi connectivity index (χ0) is 91.5. The van der Waals surface area contributed by atoms with E-state index in [4.69, 9.17) is 46.4 Å². The number of aryl methyl sites for hydroxylation is 2. The third kappa shape index (κ3) is 11.1. The Labute approximate surface area is 792 Å². The van der Waals surface area contributed by atoms with E-state index in [0.717, 1.165) is 180 Å². The topological polar surface area (TPSA) is 130 Å². The van der Waals surface area contributed by atoms with Crippen LogP contribution in [0.25, 0.3) is 326 Å². The van der Waals surface area contributed by atoms with Crippen molar-refractivity contribution in [3.05, 3.63) is 412 Å². The van der Waals surface area contributed by atoms with Crippen LogP contribution in [0.15, 0.2) is 427 Å². The van der Waals surface area contributed by atoms with E-state index >= 15 is 0 Å². The summed E-state index contributed by atoms with van der Waals surface area (Å²) in [4.78, 5) is 19.9. The highest BCUT2D eigenvalue weighted by Gasteiger charge is 2.23. The highest BCUT2D eigenvalue weighted by atomic mass is 16.3. The standard InChI is InChI=1S/C46H28O2.C44H24O2.C40H20N4O2/c1-25-31-17-21-41-43(25)37-23-29(15-19-39(37)47-41)33-11-3-7-27-8-4-12-34(45(27)33)30-16-20-40-38(24-30)44-26(2)32(18-22-42(44)48-40)36-14-6-10-28-9-5-13-35(31)46(28)36;1-7-25-8-2-12-30-28-20-22-40-38(24-28)36-18-6-16-34(44(36)46-40)32-14-4-10-26-9-3-13-31(42(26)32)33-15-5-17-35-37-23-27(29(11-1)41(25)30)19-21-39(37)45-43(33)35;1-5-21-6-2-10-26-24-14-16-32-30(18-24)38-34(46-32)20-42-40(44-38)28-12-4-8-22-7-3-11-27(36(22)28)39-41-19-33-37(43-39)29-17-23(13-15-31(29)45-33)25(9-1)35(21)26/h3-24H,1-2H3;1-24H;1-20H. The number of hydrogen-bond donors (Lipinski definition) is 0. The molecule has 26 bridgehead atoms. The van der Waals surface area contributed by atoms with E-state index in [2.05, 4.69) is 378 Å². The fourth-order valence-corrected chi connectivity index (χ4v) is 23.8. The normalized spacial score (nSPS) is 12.4. The predicted molar refractivity (Wildman–Crippen MR) is 585 cm³/mol. The third-order valence-electron chi connectivity index (χ3n) is 30.1. The minimum atomic E-state index is 0.617. The summed E-state index contributed by atoms with van der Waals surface area (Å²) in [5.41, 5.74) is 15.3. The summed E-state index contributed by atoms with van der Waals surface area (Å²) < 4.78 is 39.0. The smallest absolute Gasteiger partial charge is 0.172 e. The van der Waals surface area contributed by atoms with E-state index in [9.17, 15) is 0 Å². The summed E-state index contributed by atoms with van der Waals surface area (Å²) >= 11 is 0. The summed E-state index contributed by atoms with van der Waals surface area (Å²) in [6, 6.07) is 140. The largest absolute Gasteiger partial charge is 0.456 e. The van der Waals surface area contributed by atoms with Gasteiger partial charge < -0.3 is 26.5 Å². The van der Waals surface area contributed by atoms with Gasteiger partial charge in [-0.25, -0.2) is 19.9 Å². The summed E-state index contributed by atoms with van der Waals surface area (Å²) in [5.74, 6) is 0. The third-order valence-corrected chi connectivity index (χ3v) is 30.1. The number of rotatable bonds is 0. The van der Waals surface area contributed by atoms with E-state index in [-0.39, 0.29) is 0 Å². The summed E-state index contributed by atoms with van der Waals surface area (Å²) in [7, 11) is 0. The van der Waals surface area contributed by atoms with Crippen LogP contribution < -0.4 is 0 Å². The zero-order valence-corrected chi connectivity index (χ0v) is 75.3. The van der Waals surface area contributed by atoms with Crippen molar-refractivity contribution in [2.45, 2.75) is 13.8 Å². The molecule has 0 atom stereocenters. The molecule has 10 heteroatoms. The fraction of sp³-hybridized carbons (Fsp3) is 0.0154. The molecule has 10 nitrogen and oxygen atoms in total. The molecule has 0 aliphatic heterocycles. The highest BCUT2D eigenvalue weighted by Crippen LogP contribution is 2.48. The maximum atomic E-state index is 6.73. The van der Waals surface area contributed by atoms with Gasteiger partial charge in [0.25, 0.3) is 0 Å². The molecular weight excluding hydrogens is 1710 g/mol. The number of hydrogen-bond acceptors (Lipinski definition) is 10. The number of fused-ring (bicyclic) bond motifs is 22. The van der Waals surface area contributed by atoms with Gasteiger partial charge in [0.2, 0.25) is 0 Å². The van der Waals surface area contributed by atoms with Gasteiger partial charge in [-0.05, 0) is 266 Å². The average molecular weight is 1790 g/mol. The van der Waals surface area contributed by atoms with Crippen molar-refractivity contribution in [3.8, 4) is 0 Å². The lowest BCUT2D eigenvalue weighted by atomic mass is 9.93. The van der Waals surface area contributed by atoms with Crippen LogP contribution in [0.3, 0.4) is 0 Å². The first-order valence-corrected chi connectivity index (χ1v) is 47.6. The van der Waals surface area contributed by atoms with E-state index in [0.29, 0.717) is 22.5 Å². The van der Waals surface area contributed by atoms with Crippen LogP contribution in [0.4, 0.5) is 0 Å². The molecule has 0 aliphatic carbocycles. The molecular formula is C130H72N4O6. The molecule has 0 aliphatic rings. The van der Waals surface area contributed by atoms with Crippen LogP contribution in [0.2, 0.25) is 0 Å². The number of benzene rings is 22. The molecule has 140 heavy (non-hydrogen) atoms. The lowest BCUT2D eigenvalue weighted by molar-refractivity contribution is 0.666. The number of furan rings is 6. The molecule has 0 spiro atoms. The van der Waals surface area contributed by atoms with Gasteiger partial charge in [0.15, 0.2) is 22.5 Å². The van der Waals surface area contributed by atoms with Crippen molar-refractivity contribution in [2.24, 2.45) is 0 Å². The Morgan fingerprint density at radius 1 is 0.150 bits per heavy atom. The Balaban J connectivity index is 0.0000000968. The van der Waals surface area contributed by atoms with Crippen LogP contribution in [-0.2, 0) is 0 Å². The fourth-order valence-electron chi connectivity index (χ4n) is 23.8. The Hall–Kier alpha value is -18.6. The van der Waals surface area contributed by atoms with Crippen LogP contribution in [0, 0.1) is 13.8 Å². The molecule has 0 saturated heterocycles. The van der Waals surface area contributed by atoms with E-state index in [1.165, 1.54) is 135 Å². The maximum Gasteiger partial charge on any atom is 0.172 e. The van der Waals surface area contributed by atoms with Gasteiger partial charge in [0, 0.05) is 80.8 Å². The maximum absolute atomic E-state index is 6.73. The second-order valence-electron chi connectivity index (χ2n) is 37.5. The molecule has 9 aromatic heterocycles. The zero-order valence-electron chi connectivity index (χ0n) is 75.3. The van der Waals surface area contributed by atoms with Gasteiger partial charge in [-0.2, -0.15) is 0 Å². The second kappa shape index (κ2) is 29.0. The first kappa shape index (κ1) is 76.7. The summed E-state index contributed by atoms with van der Waals surface area (Å²) in [6.07, 6.45) is 3.56. The minimum absolute atomic E-state index is 0.617. The molecule has 0 N–H and O–H groups in total. The first-order valence-electron chi connectivity index (χ1n) is 47.6. The highest BCUT2D eigenvalue weighted by molar-refractivity contribution is 6.32. The molecule has 0 radical (unpaired) electrons. The molecule has 33 rings (SSSR count). The Morgan fingerprint density at radius 2 is 0.371 bits per heavy atom. The Kier molecular flexibility index (Phi) is 15.9. The van der Waals surface area contributed by atoms with Gasteiger partial charge >= 0.3 is 0 Å². The predicted octanol–water partition coefficient (Wildman–Crippen LogP) is 37.1. The van der Waals surface area contributed by atoms with Gasteiger partial charge in [-0.15, -0.1) is 0 Å². The van der Waals surface area contributed by atoms with Crippen LogP contribution in [-0.4, -0.2) is 19.9 Å². The van der Waals surface area contributed by atoms with Crippen LogP contribution >= 0.6 is 0 Å². The SMILES string of the molecule is Cc1c2ccc3oc4ccc(cc4c13)c1cccc3cccc(c4ccc5oc6ccc(c(C)c6c5c4)c4cccc5cccc2c54)c31.c1cc2c3cc4ccc3oc2c(c1)c1cccc2cccc(c3cccc5c6cc(ccc6oc53)c3cccc5cccc4c53)c21.c1cc2cccc3c4ccc5oc6cnc(nc6c5c4)c4cccc5cccc(c6ncc7oc8ccc(cc8c7n6)c(c1)c23)c54. The van der Waals surface area contributed by atoms with Crippen LogP contribution in [0.1, 0.15) is 11.1 Å². The number of nitrogens with zero attached hydrogens (tertiary/aromatic N) is 4. The number of aromatic nitrogens is 4. The van der Waals surface area contributed by atoms with E-state index in [1.54, 1.807) is 12.4 Å². The van der Waals surface area contributed by atoms with Crippen molar-refractivity contribution in [1.82, 2.24) is 19.9 Å². The molecule has 0 unspecified atom stereocenters. The summed E-state index contributed by atoms with van der Waals surface area (Å²) in [5, 5.41) is 50.4. The van der Waals surface area contributed by atoms with E-state index in [1.807, 2.05) is 24.3 Å². The minimum Gasteiger partial charge on any atom is -0.456 e. The summed E-state index contributed by atoms with van der Waals surface area (Å²) in [6.45, 7) is 4.50. The lowest BCUT2D eigenvalue weighted by Gasteiger charge is -2.10. The Bertz CT molecular complexity index is 10600. The molecule has 9 heterocycles. The van der Waals surface area contributed by atoms with Gasteiger partial charge in [0.05, 0.1) is 12.4 Å². The molecule has 0 fully saturated rings. The van der Waals surface area contributed by atoms with Gasteiger partial charge in [0.1, 0.15) is 66.9 Å². The first-order chi connectivity index (χ1) is 69.2. The van der Waals surface area contributed by atoms with E-state index < -0.39 is 0 Å². The van der Waals surface area contributed by atoms with Crippen molar-refractivity contribution < 1.29 is 26.5 Å². The Morgan fingerprint density at radius 3 is 0.693 bits per heavy atom. The quantitative estimate of drug-likeness (QED) is 0.145. The van der Waals surface area contributed by atoms with Crippen molar-refractivity contribution in [2.75, 3.05) is 0 Å². The van der Waals surface area contributed by atoms with Crippen LogP contribution in [0.5, 0.6) is 0 Å². The van der Waals surface area contributed by atoms with Crippen molar-refractivity contribution in [3.63, 3.8) is 0 Å². The molecule has 0 saturated carbocycles. The van der Waals surface area contributed by atoms with Gasteiger partial charge in [-0.1, -0.05) is 303 Å². The second-order valence-corrected chi connectivity index (χ2v) is 37.5. The van der Waals surface area contributed by atoms with Crippen molar-refractivity contribution in [1.29, 1.82) is 0 Å². The molecule has 33 aromatic rings. The monoisotopic (exact) mass is 1780 g/mol. The average Bonchev–Trinajstić information content (AvgIpc) is 1.57. The molecule has 648 valence electrons. The molecule has 0 amide bonds. The van der Waals surface area contributed by atoms with Gasteiger partial charge in [-0.3, -0.25) is 0 Å².